The molecule has 1 saturated heterocycles. The molecule has 2 atom stereocenters. The van der Waals surface area contributed by atoms with E-state index in [0.29, 0.717) is 19.5 Å². The average molecular weight is 343 g/mol. The lowest BCUT2D eigenvalue weighted by molar-refractivity contribution is -0.146. The van der Waals surface area contributed by atoms with E-state index in [1.807, 2.05) is 46.1 Å². The van der Waals surface area contributed by atoms with Gasteiger partial charge >= 0.3 is 5.97 Å². The summed E-state index contributed by atoms with van der Waals surface area (Å²) in [5.41, 5.74) is 3.08. The Morgan fingerprint density at radius 3 is 2.72 bits per heavy atom. The highest BCUT2D eigenvalue weighted by Gasteiger charge is 2.37. The molecule has 1 aromatic carbocycles. The Labute approximate surface area is 148 Å². The van der Waals surface area contributed by atoms with Crippen LogP contribution in [0, 0.1) is 0 Å². The molecule has 0 unspecified atom stereocenters. The van der Waals surface area contributed by atoms with Crippen molar-refractivity contribution in [2.45, 2.75) is 44.9 Å². The van der Waals surface area contributed by atoms with Crippen LogP contribution in [0.1, 0.15) is 37.4 Å². The van der Waals surface area contributed by atoms with Gasteiger partial charge in [0.25, 0.3) is 0 Å². The van der Waals surface area contributed by atoms with Crippen molar-refractivity contribution in [1.82, 2.24) is 14.7 Å². The fourth-order valence-electron chi connectivity index (χ4n) is 3.40. The predicted molar refractivity (Wildman–Crippen MR) is 94.5 cm³/mol. The number of nitrogens with zero attached hydrogens (tertiary/aromatic N) is 3. The summed E-state index contributed by atoms with van der Waals surface area (Å²) in [6.07, 6.45) is 1.93. The molecule has 2 aromatic rings. The van der Waals surface area contributed by atoms with Crippen LogP contribution in [-0.2, 0) is 16.1 Å². The maximum Gasteiger partial charge on any atom is 0.323 e. The minimum Gasteiger partial charge on any atom is -0.468 e. The van der Waals surface area contributed by atoms with Crippen molar-refractivity contribution in [2.75, 3.05) is 13.7 Å². The van der Waals surface area contributed by atoms with E-state index in [1.165, 1.54) is 7.11 Å². The first-order valence-corrected chi connectivity index (χ1v) is 8.63. The monoisotopic (exact) mass is 343 g/mol. The van der Waals surface area contributed by atoms with Crippen molar-refractivity contribution in [3.05, 3.63) is 47.8 Å². The number of hydrogen-bond donors (Lipinski definition) is 1. The summed E-state index contributed by atoms with van der Waals surface area (Å²) in [6, 6.07) is 9.56. The van der Waals surface area contributed by atoms with Gasteiger partial charge in [0.15, 0.2) is 0 Å². The normalized spacial score (nSPS) is 21.0. The molecular formula is C19H25N3O3. The summed E-state index contributed by atoms with van der Waals surface area (Å²) in [5.74, 6) is -0.0258. The number of aromatic nitrogens is 2. The Hall–Kier alpha value is -2.18. The lowest BCUT2D eigenvalue weighted by Crippen LogP contribution is -2.36. The summed E-state index contributed by atoms with van der Waals surface area (Å²) in [7, 11) is 1.39. The molecular weight excluding hydrogens is 318 g/mol. The van der Waals surface area contributed by atoms with Crippen molar-refractivity contribution >= 4 is 5.97 Å². The van der Waals surface area contributed by atoms with E-state index in [4.69, 9.17) is 9.84 Å². The molecule has 1 aliphatic heterocycles. The van der Waals surface area contributed by atoms with Crippen LogP contribution in [-0.4, -0.2) is 51.6 Å². The van der Waals surface area contributed by atoms with Crippen LogP contribution in [0.15, 0.2) is 36.5 Å². The zero-order chi connectivity index (χ0) is 18.0. The van der Waals surface area contributed by atoms with Crippen LogP contribution in [0.25, 0.3) is 5.69 Å². The molecule has 134 valence electrons. The molecule has 25 heavy (non-hydrogen) atoms. The van der Waals surface area contributed by atoms with Gasteiger partial charge in [0.05, 0.1) is 24.6 Å². The van der Waals surface area contributed by atoms with E-state index in [0.717, 1.165) is 16.9 Å². The minimum atomic E-state index is -0.504. The van der Waals surface area contributed by atoms with Gasteiger partial charge in [-0.2, -0.15) is 5.10 Å². The first kappa shape index (κ1) is 17.6. The third-order valence-corrected chi connectivity index (χ3v) is 4.62. The largest absolute Gasteiger partial charge is 0.468 e. The number of benzene rings is 1. The number of carbonyl (C=O) groups is 1. The highest BCUT2D eigenvalue weighted by molar-refractivity contribution is 5.76. The van der Waals surface area contributed by atoms with E-state index >= 15 is 0 Å². The molecule has 0 bridgehead atoms. The van der Waals surface area contributed by atoms with Crippen LogP contribution in [0.2, 0.25) is 0 Å². The van der Waals surface area contributed by atoms with Crippen LogP contribution in [0.4, 0.5) is 0 Å². The molecule has 1 aromatic heterocycles. The first-order valence-electron chi connectivity index (χ1n) is 8.63. The molecule has 6 nitrogen and oxygen atoms in total. The van der Waals surface area contributed by atoms with Crippen LogP contribution in [0.3, 0.4) is 0 Å². The summed E-state index contributed by atoms with van der Waals surface area (Å²) >= 11 is 0. The summed E-state index contributed by atoms with van der Waals surface area (Å²) in [5, 5.41) is 14.7. The topological polar surface area (TPSA) is 67.6 Å². The number of para-hydroxylation sites is 1. The van der Waals surface area contributed by atoms with Gasteiger partial charge in [-0.25, -0.2) is 4.68 Å². The van der Waals surface area contributed by atoms with Crippen molar-refractivity contribution in [2.24, 2.45) is 0 Å². The highest BCUT2D eigenvalue weighted by Crippen LogP contribution is 2.26. The maximum absolute atomic E-state index is 12.0. The van der Waals surface area contributed by atoms with Gasteiger partial charge < -0.3 is 9.84 Å². The van der Waals surface area contributed by atoms with Gasteiger partial charge in [-0.15, -0.1) is 0 Å². The molecule has 0 spiro atoms. The van der Waals surface area contributed by atoms with E-state index in [1.54, 1.807) is 0 Å². The van der Waals surface area contributed by atoms with E-state index < -0.39 is 12.1 Å². The summed E-state index contributed by atoms with van der Waals surface area (Å²) in [4.78, 5) is 14.0. The lowest BCUT2D eigenvalue weighted by atomic mass is 10.1. The molecule has 0 radical (unpaired) electrons. The number of likely N-dealkylation sites (tertiary alicyclic amines) is 1. The second-order valence-corrected chi connectivity index (χ2v) is 6.83. The zero-order valence-electron chi connectivity index (χ0n) is 14.9. The molecule has 1 N–H and O–H groups in total. The predicted octanol–water partition coefficient (Wildman–Crippen LogP) is 2.10. The Bertz CT molecular complexity index is 727. The third-order valence-electron chi connectivity index (χ3n) is 4.62. The number of ether oxygens (including phenoxy) is 1. The van der Waals surface area contributed by atoms with E-state index in [2.05, 4.69) is 13.8 Å². The number of carbonyl (C=O) groups excluding carboxylic acids is 1. The van der Waals surface area contributed by atoms with Crippen molar-refractivity contribution < 1.29 is 14.6 Å². The molecule has 0 amide bonds. The van der Waals surface area contributed by atoms with Gasteiger partial charge in [0, 0.05) is 31.3 Å². The van der Waals surface area contributed by atoms with Gasteiger partial charge in [-0.3, -0.25) is 9.69 Å². The SMILES string of the molecule is COC(=O)[C@@H]1C[C@@H](O)CN1Cc1cn(-c2ccccc2)nc1C(C)C. The molecule has 0 saturated carbocycles. The number of aliphatic hydroxyl groups is 1. The Morgan fingerprint density at radius 1 is 1.36 bits per heavy atom. The summed E-state index contributed by atoms with van der Waals surface area (Å²) < 4.78 is 6.77. The number of esters is 1. The number of aliphatic hydroxyl groups excluding tert-OH is 1. The smallest absolute Gasteiger partial charge is 0.323 e. The first-order chi connectivity index (χ1) is 12.0. The maximum atomic E-state index is 12.0. The number of β-amino-alcohol motifs (C(OH)–C–C–N with tert-alkyl or cyclic N) is 1. The third kappa shape index (κ3) is 3.75. The lowest BCUT2D eigenvalue weighted by Gasteiger charge is -2.22. The van der Waals surface area contributed by atoms with Gasteiger partial charge in [0.1, 0.15) is 6.04 Å². The van der Waals surface area contributed by atoms with Gasteiger partial charge in [0.2, 0.25) is 0 Å². The fraction of sp³-hybridized carbons (Fsp3) is 0.474. The Morgan fingerprint density at radius 2 is 2.08 bits per heavy atom. The van der Waals surface area contributed by atoms with E-state index in [-0.39, 0.29) is 11.9 Å². The quantitative estimate of drug-likeness (QED) is 0.842. The highest BCUT2D eigenvalue weighted by atomic mass is 16.5. The van der Waals surface area contributed by atoms with Crippen molar-refractivity contribution in [1.29, 1.82) is 0 Å². The molecule has 1 fully saturated rings. The average Bonchev–Trinajstić information content (AvgIpc) is 3.19. The fourth-order valence-corrected chi connectivity index (χ4v) is 3.40. The molecule has 2 heterocycles. The number of rotatable bonds is 5. The number of hydrogen-bond acceptors (Lipinski definition) is 5. The van der Waals surface area contributed by atoms with Crippen LogP contribution >= 0.6 is 0 Å². The number of methoxy groups -OCH3 is 1. The van der Waals surface area contributed by atoms with Gasteiger partial charge in [-0.1, -0.05) is 32.0 Å². The van der Waals surface area contributed by atoms with Crippen LogP contribution < -0.4 is 0 Å². The van der Waals surface area contributed by atoms with E-state index in [9.17, 15) is 9.90 Å². The molecule has 3 rings (SSSR count). The second kappa shape index (κ2) is 7.37. The standard InChI is InChI=1S/C19H25N3O3/c1-13(2)18-14(11-22(20-18)15-7-5-4-6-8-15)10-21-12-16(23)9-17(21)19(24)25-3/h4-8,11,13,16-17,23H,9-10,12H2,1-3H3/t16-,17+/m1/s1. The van der Waals surface area contributed by atoms with Crippen molar-refractivity contribution in [3.8, 4) is 5.69 Å². The van der Waals surface area contributed by atoms with Crippen LogP contribution in [0.5, 0.6) is 0 Å². The minimum absolute atomic E-state index is 0.268. The summed E-state index contributed by atoms with van der Waals surface area (Å²) in [6.45, 7) is 5.25. The molecule has 0 aliphatic carbocycles. The zero-order valence-corrected chi connectivity index (χ0v) is 14.9. The molecule has 1 aliphatic rings. The van der Waals surface area contributed by atoms with Gasteiger partial charge in [-0.05, 0) is 18.1 Å². The Balaban J connectivity index is 1.88. The second-order valence-electron chi connectivity index (χ2n) is 6.83. The Kier molecular flexibility index (Phi) is 5.20. The molecule has 6 heteroatoms. The van der Waals surface area contributed by atoms with Crippen molar-refractivity contribution in [3.63, 3.8) is 0 Å².